The van der Waals surface area contributed by atoms with E-state index >= 15 is 0 Å². The number of rotatable bonds is 4. The first-order chi connectivity index (χ1) is 9.63. The Hall–Kier alpha value is -0.920. The van der Waals surface area contributed by atoms with Gasteiger partial charge < -0.3 is 0 Å². The summed E-state index contributed by atoms with van der Waals surface area (Å²) in [5.41, 5.74) is 1.07. The number of sulfone groups is 1. The zero-order valence-corrected chi connectivity index (χ0v) is 14.1. The lowest BCUT2D eigenvalue weighted by Gasteiger charge is -2.23. The summed E-state index contributed by atoms with van der Waals surface area (Å²) in [7, 11) is -5.30. The fourth-order valence-corrected chi connectivity index (χ4v) is 5.70. The second kappa shape index (κ2) is 5.70. The molecule has 0 saturated carbocycles. The molecule has 0 N–H and O–H groups in total. The van der Waals surface area contributed by atoms with Gasteiger partial charge in [0.05, 0.1) is 16.4 Å². The van der Waals surface area contributed by atoms with Crippen LogP contribution in [0.1, 0.15) is 31.7 Å². The first-order valence-corrected chi connectivity index (χ1v) is 10.2. The maximum absolute atomic E-state index is 12.5. The molecule has 1 aromatic carbocycles. The Morgan fingerprint density at radius 3 is 2.19 bits per heavy atom. The molecule has 0 unspecified atom stereocenters. The van der Waals surface area contributed by atoms with Gasteiger partial charge in [-0.1, -0.05) is 26.0 Å². The van der Waals surface area contributed by atoms with Crippen LogP contribution in [0.25, 0.3) is 0 Å². The zero-order chi connectivity index (χ0) is 15.8. The van der Waals surface area contributed by atoms with Crippen LogP contribution in [0.5, 0.6) is 0 Å². The maximum atomic E-state index is 12.5. The molecule has 1 saturated heterocycles. The summed E-state index contributed by atoms with van der Waals surface area (Å²) in [6.45, 7) is 4.08. The molecule has 0 aromatic heterocycles. The van der Waals surface area contributed by atoms with Crippen LogP contribution >= 0.6 is 0 Å². The van der Waals surface area contributed by atoms with E-state index in [9.17, 15) is 16.8 Å². The lowest BCUT2D eigenvalue weighted by atomic mass is 10.0. The van der Waals surface area contributed by atoms with Crippen molar-refractivity contribution in [3.63, 3.8) is 0 Å². The molecule has 1 fully saturated rings. The fraction of sp³-hybridized carbons (Fsp3) is 0.571. The van der Waals surface area contributed by atoms with E-state index in [-0.39, 0.29) is 16.4 Å². The third-order valence-corrected chi connectivity index (χ3v) is 7.62. The van der Waals surface area contributed by atoms with Crippen LogP contribution in [0.4, 0.5) is 0 Å². The van der Waals surface area contributed by atoms with Crippen LogP contribution in [0, 0.1) is 0 Å². The molecule has 1 aliphatic rings. The lowest BCUT2D eigenvalue weighted by molar-refractivity contribution is 0.394. The molecule has 0 spiro atoms. The molecule has 118 valence electrons. The Balaban J connectivity index is 2.25. The van der Waals surface area contributed by atoms with Crippen molar-refractivity contribution in [2.45, 2.75) is 37.1 Å². The summed E-state index contributed by atoms with van der Waals surface area (Å²) in [4.78, 5) is 0.207. The van der Waals surface area contributed by atoms with Crippen LogP contribution in [0.3, 0.4) is 0 Å². The second-order valence-electron chi connectivity index (χ2n) is 5.80. The molecule has 2 rings (SSSR count). The Bertz CT molecular complexity index is 706. The molecule has 0 bridgehead atoms. The summed E-state index contributed by atoms with van der Waals surface area (Å²) in [6, 6.07) is 6.31. The number of hydrogen-bond acceptors (Lipinski definition) is 4. The summed E-state index contributed by atoms with van der Waals surface area (Å²) in [5, 5.41) is 0. The predicted molar refractivity (Wildman–Crippen MR) is 82.5 cm³/mol. The van der Waals surface area contributed by atoms with Crippen LogP contribution in [0.2, 0.25) is 0 Å². The molecule has 1 atom stereocenters. The molecular weight excluding hydrogens is 310 g/mol. The normalized spacial score (nSPS) is 22.0. The van der Waals surface area contributed by atoms with Gasteiger partial charge in [0.15, 0.2) is 9.84 Å². The summed E-state index contributed by atoms with van der Waals surface area (Å²) in [6.07, 6.45) is 0.363. The van der Waals surface area contributed by atoms with Crippen molar-refractivity contribution in [3.05, 3.63) is 29.8 Å². The Kier molecular flexibility index (Phi) is 4.46. The van der Waals surface area contributed by atoms with Gasteiger partial charge in [0.2, 0.25) is 10.0 Å². The van der Waals surface area contributed by atoms with Crippen molar-refractivity contribution in [1.82, 2.24) is 4.31 Å². The highest BCUT2D eigenvalue weighted by atomic mass is 32.2. The van der Waals surface area contributed by atoms with E-state index in [1.54, 1.807) is 24.3 Å². The topological polar surface area (TPSA) is 71.5 Å². The molecule has 5 nitrogen and oxygen atoms in total. The Labute approximate surface area is 126 Å². The smallest absolute Gasteiger partial charge is 0.229 e. The minimum atomic E-state index is -3.65. The quantitative estimate of drug-likeness (QED) is 0.840. The molecular formula is C14H21NO4S2. The van der Waals surface area contributed by atoms with Gasteiger partial charge >= 0.3 is 0 Å². The second-order valence-corrected chi connectivity index (χ2v) is 10.0. The van der Waals surface area contributed by atoms with Gasteiger partial charge in [0.1, 0.15) is 0 Å². The van der Waals surface area contributed by atoms with Crippen molar-refractivity contribution in [2.24, 2.45) is 0 Å². The van der Waals surface area contributed by atoms with Crippen molar-refractivity contribution < 1.29 is 16.8 Å². The van der Waals surface area contributed by atoms with Crippen LogP contribution in [-0.2, 0) is 19.9 Å². The molecule has 0 amide bonds. The standard InChI is InChI=1S/C14H21NO4S2/c1-11(2)12-4-6-14(7-5-12)21(18,19)15(3)13-8-9-20(16,17)10-13/h4-7,11,13H,8-10H2,1-3H3/t13-/m0/s1. The number of nitrogens with zero attached hydrogens (tertiary/aromatic N) is 1. The van der Waals surface area contributed by atoms with Gasteiger partial charge in [-0.05, 0) is 30.0 Å². The van der Waals surface area contributed by atoms with E-state index in [0.717, 1.165) is 5.56 Å². The zero-order valence-electron chi connectivity index (χ0n) is 12.5. The van der Waals surface area contributed by atoms with Crippen molar-refractivity contribution in [3.8, 4) is 0 Å². The number of hydrogen-bond donors (Lipinski definition) is 0. The highest BCUT2D eigenvalue weighted by Gasteiger charge is 2.36. The number of sulfonamides is 1. The third-order valence-electron chi connectivity index (χ3n) is 3.95. The van der Waals surface area contributed by atoms with Gasteiger partial charge in [-0.25, -0.2) is 16.8 Å². The van der Waals surface area contributed by atoms with E-state index in [2.05, 4.69) is 0 Å². The van der Waals surface area contributed by atoms with E-state index in [4.69, 9.17) is 0 Å². The van der Waals surface area contributed by atoms with E-state index in [1.165, 1.54) is 11.4 Å². The minimum Gasteiger partial charge on any atom is -0.229 e. The highest BCUT2D eigenvalue weighted by Crippen LogP contribution is 2.24. The molecule has 21 heavy (non-hydrogen) atoms. The fourth-order valence-electron chi connectivity index (χ4n) is 2.45. The van der Waals surface area contributed by atoms with Gasteiger partial charge in [0.25, 0.3) is 0 Å². The first-order valence-electron chi connectivity index (χ1n) is 6.92. The van der Waals surface area contributed by atoms with Crippen LogP contribution in [-0.4, -0.2) is 45.7 Å². The largest absolute Gasteiger partial charge is 0.243 e. The molecule has 7 heteroatoms. The summed E-state index contributed by atoms with van der Waals surface area (Å²) < 4.78 is 49.3. The predicted octanol–water partition coefficient (Wildman–Crippen LogP) is 1.62. The Morgan fingerprint density at radius 2 is 1.76 bits per heavy atom. The van der Waals surface area contributed by atoms with E-state index < -0.39 is 25.9 Å². The molecule has 0 radical (unpaired) electrons. The van der Waals surface area contributed by atoms with Gasteiger partial charge in [-0.3, -0.25) is 0 Å². The van der Waals surface area contributed by atoms with E-state index in [1.807, 2.05) is 13.8 Å². The highest BCUT2D eigenvalue weighted by molar-refractivity contribution is 7.92. The minimum absolute atomic E-state index is 0.0593. The van der Waals surface area contributed by atoms with Gasteiger partial charge in [-0.15, -0.1) is 0 Å². The molecule has 0 aliphatic carbocycles. The molecule has 1 aliphatic heterocycles. The summed E-state index contributed by atoms with van der Waals surface area (Å²) >= 11 is 0. The first kappa shape index (κ1) is 16.5. The lowest BCUT2D eigenvalue weighted by Crippen LogP contribution is -2.37. The van der Waals surface area contributed by atoms with E-state index in [0.29, 0.717) is 12.3 Å². The number of benzene rings is 1. The molecule has 1 heterocycles. The van der Waals surface area contributed by atoms with Crippen molar-refractivity contribution in [2.75, 3.05) is 18.6 Å². The van der Waals surface area contributed by atoms with Gasteiger partial charge in [0, 0.05) is 13.1 Å². The maximum Gasteiger partial charge on any atom is 0.243 e. The average Bonchev–Trinajstić information content (AvgIpc) is 2.78. The van der Waals surface area contributed by atoms with Crippen molar-refractivity contribution >= 4 is 19.9 Å². The summed E-state index contributed by atoms with van der Waals surface area (Å²) in [5.74, 6) is 0.302. The Morgan fingerprint density at radius 1 is 1.19 bits per heavy atom. The van der Waals surface area contributed by atoms with Crippen molar-refractivity contribution in [1.29, 1.82) is 0 Å². The van der Waals surface area contributed by atoms with Crippen LogP contribution in [0.15, 0.2) is 29.2 Å². The van der Waals surface area contributed by atoms with Crippen LogP contribution < -0.4 is 0 Å². The third kappa shape index (κ3) is 3.46. The SMILES string of the molecule is CC(C)c1ccc(S(=O)(=O)N(C)[C@H]2CCS(=O)(=O)C2)cc1. The van der Waals surface area contributed by atoms with Gasteiger partial charge in [-0.2, -0.15) is 4.31 Å². The molecule has 1 aromatic rings. The monoisotopic (exact) mass is 331 g/mol. The average molecular weight is 331 g/mol.